The molecule has 1 rings (SSSR count). The summed E-state index contributed by atoms with van der Waals surface area (Å²) >= 11 is 1.64. The van der Waals surface area contributed by atoms with Crippen LogP contribution in [0.2, 0.25) is 0 Å². The lowest BCUT2D eigenvalue weighted by Gasteiger charge is -2.22. The van der Waals surface area contributed by atoms with Crippen LogP contribution in [0.5, 0.6) is 0 Å². The molecular weight excluding hydrogens is 274 g/mol. The molecule has 0 saturated carbocycles. The number of hydrogen-bond acceptors (Lipinski definition) is 4. The Labute approximate surface area is 119 Å². The highest BCUT2D eigenvalue weighted by Gasteiger charge is 2.33. The maximum absolute atomic E-state index is 11.9. The van der Waals surface area contributed by atoms with Crippen LogP contribution in [0.25, 0.3) is 0 Å². The maximum Gasteiger partial charge on any atom is 0.243 e. The van der Waals surface area contributed by atoms with Gasteiger partial charge < -0.3 is 15.5 Å². The van der Waals surface area contributed by atoms with Crippen molar-refractivity contribution < 1.29 is 9.59 Å². The van der Waals surface area contributed by atoms with E-state index in [0.717, 1.165) is 13.0 Å². The lowest BCUT2D eigenvalue weighted by Crippen LogP contribution is -2.48. The van der Waals surface area contributed by atoms with E-state index in [9.17, 15) is 9.59 Å². The lowest BCUT2D eigenvalue weighted by molar-refractivity contribution is -0.138. The van der Waals surface area contributed by atoms with Gasteiger partial charge in [0.1, 0.15) is 6.04 Å². The van der Waals surface area contributed by atoms with E-state index < -0.39 is 0 Å². The van der Waals surface area contributed by atoms with Crippen molar-refractivity contribution in [1.29, 1.82) is 0 Å². The number of nitrogens with zero attached hydrogens (tertiary/aromatic N) is 1. The van der Waals surface area contributed by atoms with Crippen molar-refractivity contribution in [2.45, 2.75) is 25.8 Å². The fourth-order valence-electron chi connectivity index (χ4n) is 1.69. The first-order chi connectivity index (χ1) is 8.20. The van der Waals surface area contributed by atoms with Crippen molar-refractivity contribution in [3.05, 3.63) is 0 Å². The van der Waals surface area contributed by atoms with Gasteiger partial charge in [-0.2, -0.15) is 0 Å². The normalized spacial score (nSPS) is 18.3. The van der Waals surface area contributed by atoms with Crippen LogP contribution in [-0.2, 0) is 9.59 Å². The van der Waals surface area contributed by atoms with Crippen LogP contribution >= 0.6 is 24.2 Å². The summed E-state index contributed by atoms with van der Waals surface area (Å²) in [7, 11) is 1.84. The number of hydrogen-bond donors (Lipinski definition) is 2. The second-order valence-electron chi connectivity index (χ2n) is 4.02. The predicted molar refractivity (Wildman–Crippen MR) is 77.1 cm³/mol. The van der Waals surface area contributed by atoms with Crippen molar-refractivity contribution >= 4 is 36.0 Å². The van der Waals surface area contributed by atoms with Crippen molar-refractivity contribution in [1.82, 2.24) is 15.5 Å². The van der Waals surface area contributed by atoms with Crippen molar-refractivity contribution in [3.63, 3.8) is 0 Å². The topological polar surface area (TPSA) is 61.4 Å². The molecule has 0 aliphatic carbocycles. The van der Waals surface area contributed by atoms with Gasteiger partial charge in [-0.3, -0.25) is 9.59 Å². The second-order valence-corrected chi connectivity index (χ2v) is 5.02. The summed E-state index contributed by atoms with van der Waals surface area (Å²) < 4.78 is 0. The third-order valence-corrected chi connectivity index (χ3v) is 3.66. The molecule has 7 heteroatoms. The number of likely N-dealkylation sites (N-methyl/N-ethyl adjacent to an activating group) is 1. The first-order valence-electron chi connectivity index (χ1n) is 6.00. The van der Waals surface area contributed by atoms with E-state index in [-0.39, 0.29) is 30.3 Å². The zero-order valence-electron chi connectivity index (χ0n) is 10.9. The molecule has 1 fully saturated rings. The van der Waals surface area contributed by atoms with E-state index in [4.69, 9.17) is 0 Å². The van der Waals surface area contributed by atoms with Crippen LogP contribution in [0.15, 0.2) is 0 Å². The van der Waals surface area contributed by atoms with Gasteiger partial charge in [0.05, 0.1) is 5.88 Å². The molecule has 2 N–H and O–H groups in total. The van der Waals surface area contributed by atoms with Gasteiger partial charge in [0, 0.05) is 25.3 Å². The highest BCUT2D eigenvalue weighted by Crippen LogP contribution is 2.22. The summed E-state index contributed by atoms with van der Waals surface area (Å²) in [5.74, 6) is 1.41. The molecule has 2 amide bonds. The average molecular weight is 296 g/mol. The zero-order chi connectivity index (χ0) is 12.7. The van der Waals surface area contributed by atoms with Crippen molar-refractivity contribution in [3.8, 4) is 0 Å². The van der Waals surface area contributed by atoms with Gasteiger partial charge in [0.15, 0.2) is 0 Å². The van der Waals surface area contributed by atoms with Gasteiger partial charge in [-0.15, -0.1) is 24.2 Å². The lowest BCUT2D eigenvalue weighted by atomic mass is 10.2. The molecule has 0 aromatic rings. The van der Waals surface area contributed by atoms with Crippen molar-refractivity contribution in [2.24, 2.45) is 0 Å². The fourth-order valence-corrected chi connectivity index (χ4v) is 2.87. The van der Waals surface area contributed by atoms with Gasteiger partial charge in [-0.25, -0.2) is 0 Å². The number of carbonyl (C=O) groups is 2. The molecule has 0 bridgehead atoms. The number of rotatable bonds is 6. The standard InChI is InChI=1S/C11H21N3O2S.ClH/c1-3-4-10(15)14-8-17-7-9(14)11(16)13-6-5-12-2;/h9,12H,3-8H2,1-2H3,(H,13,16);1H. The largest absolute Gasteiger partial charge is 0.353 e. The molecule has 106 valence electrons. The molecule has 0 aromatic carbocycles. The Bertz CT molecular complexity index is 279. The van der Waals surface area contributed by atoms with E-state index in [2.05, 4.69) is 10.6 Å². The van der Waals surface area contributed by atoms with Crippen LogP contribution in [-0.4, -0.2) is 54.5 Å². The SMILES string of the molecule is CCCC(=O)N1CSCC1C(=O)NCCNC.Cl. The summed E-state index contributed by atoms with van der Waals surface area (Å²) in [6.07, 6.45) is 1.36. The van der Waals surface area contributed by atoms with Gasteiger partial charge >= 0.3 is 0 Å². The Morgan fingerprint density at radius 2 is 2.11 bits per heavy atom. The minimum Gasteiger partial charge on any atom is -0.353 e. The Hall–Kier alpha value is -0.460. The minimum atomic E-state index is -0.282. The van der Waals surface area contributed by atoms with Crippen molar-refractivity contribution in [2.75, 3.05) is 31.8 Å². The van der Waals surface area contributed by atoms with E-state index in [1.807, 2.05) is 14.0 Å². The second kappa shape index (κ2) is 9.47. The number of thioether (sulfide) groups is 1. The predicted octanol–water partition coefficient (Wildman–Crippen LogP) is 0.445. The molecule has 1 heterocycles. The van der Waals surface area contributed by atoms with Crippen LogP contribution < -0.4 is 10.6 Å². The van der Waals surface area contributed by atoms with E-state index in [1.54, 1.807) is 16.7 Å². The van der Waals surface area contributed by atoms with Crippen LogP contribution in [0.4, 0.5) is 0 Å². The highest BCUT2D eigenvalue weighted by molar-refractivity contribution is 7.99. The molecule has 1 aliphatic heterocycles. The monoisotopic (exact) mass is 295 g/mol. The average Bonchev–Trinajstić information content (AvgIpc) is 2.78. The molecule has 0 spiro atoms. The fraction of sp³-hybridized carbons (Fsp3) is 0.818. The Morgan fingerprint density at radius 1 is 1.39 bits per heavy atom. The third kappa shape index (κ3) is 5.04. The minimum absolute atomic E-state index is 0. The third-order valence-electron chi connectivity index (χ3n) is 2.64. The first kappa shape index (κ1) is 17.5. The highest BCUT2D eigenvalue weighted by atomic mass is 35.5. The molecule has 5 nitrogen and oxygen atoms in total. The van der Waals surface area contributed by atoms with Crippen LogP contribution in [0, 0.1) is 0 Å². The van der Waals surface area contributed by atoms with Gasteiger partial charge in [0.25, 0.3) is 0 Å². The number of amides is 2. The smallest absolute Gasteiger partial charge is 0.243 e. The number of carbonyl (C=O) groups excluding carboxylic acids is 2. The maximum atomic E-state index is 11.9. The van der Waals surface area contributed by atoms with Gasteiger partial charge in [0.2, 0.25) is 11.8 Å². The van der Waals surface area contributed by atoms with Crippen LogP contribution in [0.1, 0.15) is 19.8 Å². The van der Waals surface area contributed by atoms with Gasteiger partial charge in [-0.05, 0) is 13.5 Å². The number of nitrogens with one attached hydrogen (secondary N) is 2. The molecule has 0 radical (unpaired) electrons. The summed E-state index contributed by atoms with van der Waals surface area (Å²) in [5.41, 5.74) is 0. The summed E-state index contributed by atoms with van der Waals surface area (Å²) in [6.45, 7) is 3.32. The molecule has 18 heavy (non-hydrogen) atoms. The summed E-state index contributed by atoms with van der Waals surface area (Å²) in [4.78, 5) is 25.4. The molecular formula is C11H22ClN3O2S. The van der Waals surface area contributed by atoms with E-state index in [0.29, 0.717) is 24.6 Å². The Morgan fingerprint density at radius 3 is 2.72 bits per heavy atom. The molecule has 0 aromatic heterocycles. The first-order valence-corrected chi connectivity index (χ1v) is 7.15. The molecule has 1 atom stereocenters. The van der Waals surface area contributed by atoms with E-state index in [1.165, 1.54) is 0 Å². The molecule has 1 aliphatic rings. The van der Waals surface area contributed by atoms with Crippen LogP contribution in [0.3, 0.4) is 0 Å². The number of halogens is 1. The summed E-state index contributed by atoms with van der Waals surface area (Å²) in [5, 5.41) is 5.81. The Kier molecular flexibility index (Phi) is 9.23. The molecule has 1 unspecified atom stereocenters. The van der Waals surface area contributed by atoms with E-state index >= 15 is 0 Å². The van der Waals surface area contributed by atoms with Gasteiger partial charge in [-0.1, -0.05) is 6.92 Å². The molecule has 1 saturated heterocycles. The zero-order valence-corrected chi connectivity index (χ0v) is 12.5. The quantitative estimate of drug-likeness (QED) is 0.698. The summed E-state index contributed by atoms with van der Waals surface area (Å²) in [6, 6.07) is -0.282. The Balaban J connectivity index is 0.00000289.